The summed E-state index contributed by atoms with van der Waals surface area (Å²) in [4.78, 5) is 0.477. The molecular weight excluding hydrogens is 208 g/mol. The largest absolute Gasteiger partial charge is 0.353 e. The van der Waals surface area contributed by atoms with Gasteiger partial charge in [-0.1, -0.05) is 22.9 Å². The van der Waals surface area contributed by atoms with Crippen LogP contribution in [-0.4, -0.2) is 24.3 Å². The summed E-state index contributed by atoms with van der Waals surface area (Å²) in [5.41, 5.74) is 0. The van der Waals surface area contributed by atoms with E-state index in [0.717, 1.165) is 32.5 Å². The fraction of sp³-hybridized carbons (Fsp3) is 1.00. The summed E-state index contributed by atoms with van der Waals surface area (Å²) in [5.74, 6) is 0. The number of hydrogen-bond donors (Lipinski definition) is 0. The van der Waals surface area contributed by atoms with Crippen LogP contribution < -0.4 is 0 Å². The molecule has 11 heavy (non-hydrogen) atoms. The lowest BCUT2D eigenvalue weighted by atomic mass is 10.3. The third-order valence-electron chi connectivity index (χ3n) is 1.66. The van der Waals surface area contributed by atoms with Gasteiger partial charge in [-0.15, -0.1) is 0 Å². The zero-order chi connectivity index (χ0) is 8.10. The van der Waals surface area contributed by atoms with E-state index in [-0.39, 0.29) is 6.29 Å². The van der Waals surface area contributed by atoms with Crippen molar-refractivity contribution < 1.29 is 9.47 Å². The summed E-state index contributed by atoms with van der Waals surface area (Å²) in [6.07, 6.45) is 3.23. The van der Waals surface area contributed by atoms with Crippen molar-refractivity contribution in [3.63, 3.8) is 0 Å². The average molecular weight is 223 g/mol. The van der Waals surface area contributed by atoms with Gasteiger partial charge in [0.05, 0.1) is 0 Å². The van der Waals surface area contributed by atoms with Crippen LogP contribution in [0.15, 0.2) is 0 Å². The van der Waals surface area contributed by atoms with Crippen molar-refractivity contribution in [2.24, 2.45) is 0 Å². The number of hydrogen-bond acceptors (Lipinski definition) is 2. The van der Waals surface area contributed by atoms with Gasteiger partial charge in [0.25, 0.3) is 0 Å². The van der Waals surface area contributed by atoms with Crippen molar-refractivity contribution in [1.29, 1.82) is 0 Å². The van der Waals surface area contributed by atoms with Crippen LogP contribution in [0.5, 0.6) is 0 Å². The highest BCUT2D eigenvalue weighted by molar-refractivity contribution is 9.09. The second-order valence-electron chi connectivity index (χ2n) is 2.89. The van der Waals surface area contributed by atoms with E-state index in [1.165, 1.54) is 0 Å². The summed E-state index contributed by atoms with van der Waals surface area (Å²) in [6, 6.07) is 0. The predicted octanol–water partition coefficient (Wildman–Crippen LogP) is 2.31. The normalized spacial score (nSPS) is 24.5. The Bertz CT molecular complexity index is 98.3. The molecule has 1 saturated heterocycles. The lowest BCUT2D eigenvalue weighted by Crippen LogP contribution is -2.18. The minimum atomic E-state index is 0.0203. The SMILES string of the molecule is CC(Br)CC1OCCCCO1. The smallest absolute Gasteiger partial charge is 0.158 e. The summed E-state index contributed by atoms with van der Waals surface area (Å²) in [6.45, 7) is 3.81. The third-order valence-corrected chi connectivity index (χ3v) is 2.04. The molecule has 2 nitrogen and oxygen atoms in total. The molecule has 0 amide bonds. The minimum Gasteiger partial charge on any atom is -0.353 e. The van der Waals surface area contributed by atoms with Gasteiger partial charge in [-0.05, 0) is 12.8 Å². The molecule has 0 radical (unpaired) electrons. The van der Waals surface area contributed by atoms with Gasteiger partial charge >= 0.3 is 0 Å². The van der Waals surface area contributed by atoms with Gasteiger partial charge in [-0.2, -0.15) is 0 Å². The number of rotatable bonds is 2. The number of alkyl halides is 1. The van der Waals surface area contributed by atoms with E-state index in [4.69, 9.17) is 9.47 Å². The molecule has 1 heterocycles. The fourth-order valence-corrected chi connectivity index (χ4v) is 1.39. The molecular formula is C8H15BrO2. The average Bonchev–Trinajstić information content (AvgIpc) is 2.14. The molecule has 0 bridgehead atoms. The fourth-order valence-electron chi connectivity index (χ4n) is 1.08. The molecule has 3 heteroatoms. The third kappa shape index (κ3) is 4.09. The van der Waals surface area contributed by atoms with Crippen LogP contribution in [0, 0.1) is 0 Å². The van der Waals surface area contributed by atoms with Gasteiger partial charge in [0.2, 0.25) is 0 Å². The van der Waals surface area contributed by atoms with Gasteiger partial charge < -0.3 is 9.47 Å². The van der Waals surface area contributed by atoms with E-state index in [1.807, 2.05) is 0 Å². The molecule has 0 aromatic rings. The Kier molecular flexibility index (Phi) is 4.41. The zero-order valence-electron chi connectivity index (χ0n) is 6.88. The molecule has 1 unspecified atom stereocenters. The van der Waals surface area contributed by atoms with Gasteiger partial charge in [0, 0.05) is 24.5 Å². The molecule has 0 saturated carbocycles. The summed E-state index contributed by atoms with van der Waals surface area (Å²) in [5, 5.41) is 0. The van der Waals surface area contributed by atoms with Gasteiger partial charge in [0.1, 0.15) is 0 Å². The van der Waals surface area contributed by atoms with Crippen LogP contribution in [0.3, 0.4) is 0 Å². The molecule has 1 atom stereocenters. The molecule has 1 aliphatic rings. The lowest BCUT2D eigenvalue weighted by molar-refractivity contribution is -0.128. The van der Waals surface area contributed by atoms with Crippen molar-refractivity contribution in [2.45, 2.75) is 37.3 Å². The van der Waals surface area contributed by atoms with Crippen LogP contribution in [0.4, 0.5) is 0 Å². The number of halogens is 1. The van der Waals surface area contributed by atoms with Crippen molar-refractivity contribution in [3.8, 4) is 0 Å². The molecule has 66 valence electrons. The zero-order valence-corrected chi connectivity index (χ0v) is 8.47. The van der Waals surface area contributed by atoms with Gasteiger partial charge in [-0.3, -0.25) is 0 Å². The Labute approximate surface area is 76.4 Å². The van der Waals surface area contributed by atoms with Crippen molar-refractivity contribution >= 4 is 15.9 Å². The Morgan fingerprint density at radius 1 is 1.36 bits per heavy atom. The molecule has 0 N–H and O–H groups in total. The van der Waals surface area contributed by atoms with Crippen LogP contribution in [0.1, 0.15) is 26.2 Å². The van der Waals surface area contributed by atoms with E-state index in [1.54, 1.807) is 0 Å². The summed E-state index contributed by atoms with van der Waals surface area (Å²) in [7, 11) is 0. The predicted molar refractivity (Wildman–Crippen MR) is 47.9 cm³/mol. The topological polar surface area (TPSA) is 18.5 Å². The quantitative estimate of drug-likeness (QED) is 0.669. The van der Waals surface area contributed by atoms with Crippen molar-refractivity contribution in [2.75, 3.05) is 13.2 Å². The van der Waals surface area contributed by atoms with E-state index in [9.17, 15) is 0 Å². The second-order valence-corrected chi connectivity index (χ2v) is 4.46. The maximum absolute atomic E-state index is 5.46. The molecule has 1 aliphatic heterocycles. The molecule has 0 spiro atoms. The molecule has 0 aromatic carbocycles. The van der Waals surface area contributed by atoms with E-state index < -0.39 is 0 Å². The molecule has 0 aliphatic carbocycles. The molecule has 1 fully saturated rings. The first kappa shape index (κ1) is 9.49. The van der Waals surface area contributed by atoms with Crippen LogP contribution >= 0.6 is 15.9 Å². The van der Waals surface area contributed by atoms with Gasteiger partial charge in [0.15, 0.2) is 6.29 Å². The minimum absolute atomic E-state index is 0.0203. The molecule has 0 aromatic heterocycles. The van der Waals surface area contributed by atoms with E-state index >= 15 is 0 Å². The second kappa shape index (κ2) is 5.12. The highest BCUT2D eigenvalue weighted by Gasteiger charge is 2.14. The standard InChI is InChI=1S/C8H15BrO2/c1-7(9)6-8-10-4-2-3-5-11-8/h7-8H,2-6H2,1H3. The Morgan fingerprint density at radius 2 is 1.91 bits per heavy atom. The Hall–Kier alpha value is 0.400. The summed E-state index contributed by atoms with van der Waals surface area (Å²) < 4.78 is 10.9. The van der Waals surface area contributed by atoms with Crippen LogP contribution in [-0.2, 0) is 9.47 Å². The highest BCUT2D eigenvalue weighted by atomic mass is 79.9. The van der Waals surface area contributed by atoms with Crippen LogP contribution in [0.2, 0.25) is 0 Å². The monoisotopic (exact) mass is 222 g/mol. The Balaban J connectivity index is 2.20. The summed E-state index contributed by atoms with van der Waals surface area (Å²) >= 11 is 3.48. The van der Waals surface area contributed by atoms with E-state index in [0.29, 0.717) is 4.83 Å². The molecule has 1 rings (SSSR count). The first-order chi connectivity index (χ1) is 5.29. The maximum Gasteiger partial charge on any atom is 0.158 e. The first-order valence-electron chi connectivity index (χ1n) is 4.16. The first-order valence-corrected chi connectivity index (χ1v) is 5.08. The maximum atomic E-state index is 5.46. The Morgan fingerprint density at radius 3 is 2.36 bits per heavy atom. The van der Waals surface area contributed by atoms with Gasteiger partial charge in [-0.25, -0.2) is 0 Å². The number of ether oxygens (including phenoxy) is 2. The lowest BCUT2D eigenvalue weighted by Gasteiger charge is -2.16. The highest BCUT2D eigenvalue weighted by Crippen LogP contribution is 2.14. The van der Waals surface area contributed by atoms with E-state index in [2.05, 4.69) is 22.9 Å². The van der Waals surface area contributed by atoms with Crippen LogP contribution in [0.25, 0.3) is 0 Å². The van der Waals surface area contributed by atoms with Crippen molar-refractivity contribution in [3.05, 3.63) is 0 Å². The van der Waals surface area contributed by atoms with Crippen molar-refractivity contribution in [1.82, 2.24) is 0 Å².